The van der Waals surface area contributed by atoms with E-state index >= 15 is 0 Å². The second-order valence-electron chi connectivity index (χ2n) is 4.54. The number of ether oxygens (including phenoxy) is 1. The zero-order valence-electron chi connectivity index (χ0n) is 12.2. The van der Waals surface area contributed by atoms with Crippen LogP contribution in [0, 0.1) is 0 Å². The first-order valence-electron chi connectivity index (χ1n) is 6.62. The van der Waals surface area contributed by atoms with Gasteiger partial charge in [-0.05, 0) is 42.5 Å². The molecule has 23 heavy (non-hydrogen) atoms. The lowest BCUT2D eigenvalue weighted by molar-refractivity contribution is 0.0600. The predicted octanol–water partition coefficient (Wildman–Crippen LogP) is 4.59. The maximum atomic E-state index is 12.0. The van der Waals surface area contributed by atoms with Crippen LogP contribution in [0.5, 0.6) is 0 Å². The van der Waals surface area contributed by atoms with Gasteiger partial charge in [0.1, 0.15) is 0 Å². The molecule has 1 N–H and O–H groups in total. The zero-order valence-corrected chi connectivity index (χ0v) is 13.7. The summed E-state index contributed by atoms with van der Waals surface area (Å²) in [5, 5.41) is 3.67. The standard InChI is InChI=1S/C17H13Cl2NO3/c1-23-17(22)11-2-5-13(6-3-11)20-9-8-16(21)12-4-7-14(18)15(19)10-12/h2-10,20H,1H3/b9-8+. The minimum atomic E-state index is -0.401. The van der Waals surface area contributed by atoms with E-state index in [9.17, 15) is 9.59 Å². The first-order valence-corrected chi connectivity index (χ1v) is 7.37. The van der Waals surface area contributed by atoms with Gasteiger partial charge in [0.05, 0.1) is 22.7 Å². The van der Waals surface area contributed by atoms with Crippen LogP contribution in [0.15, 0.2) is 54.7 Å². The average Bonchev–Trinajstić information content (AvgIpc) is 2.57. The number of ketones is 1. The minimum Gasteiger partial charge on any atom is -0.465 e. The molecule has 0 heterocycles. The van der Waals surface area contributed by atoms with Crippen LogP contribution < -0.4 is 5.32 Å². The molecule has 0 aliphatic heterocycles. The van der Waals surface area contributed by atoms with Crippen LogP contribution in [0.1, 0.15) is 20.7 Å². The molecule has 118 valence electrons. The van der Waals surface area contributed by atoms with E-state index in [0.29, 0.717) is 21.2 Å². The van der Waals surface area contributed by atoms with Crippen LogP contribution in [-0.4, -0.2) is 18.9 Å². The van der Waals surface area contributed by atoms with Crippen molar-refractivity contribution in [1.29, 1.82) is 0 Å². The molecular formula is C17H13Cl2NO3. The van der Waals surface area contributed by atoms with E-state index in [1.807, 2.05) is 0 Å². The van der Waals surface area contributed by atoms with Crippen molar-refractivity contribution in [2.75, 3.05) is 12.4 Å². The van der Waals surface area contributed by atoms with Gasteiger partial charge in [-0.3, -0.25) is 4.79 Å². The molecule has 0 radical (unpaired) electrons. The molecule has 2 rings (SSSR count). The van der Waals surface area contributed by atoms with Gasteiger partial charge in [0, 0.05) is 23.5 Å². The van der Waals surface area contributed by atoms with E-state index < -0.39 is 5.97 Å². The van der Waals surface area contributed by atoms with Gasteiger partial charge in [0.25, 0.3) is 0 Å². The summed E-state index contributed by atoms with van der Waals surface area (Å²) in [6, 6.07) is 11.4. The summed E-state index contributed by atoms with van der Waals surface area (Å²) in [5.41, 5.74) is 1.63. The van der Waals surface area contributed by atoms with Crippen LogP contribution >= 0.6 is 23.2 Å². The van der Waals surface area contributed by atoms with E-state index in [-0.39, 0.29) is 5.78 Å². The highest BCUT2D eigenvalue weighted by Gasteiger charge is 2.05. The van der Waals surface area contributed by atoms with Gasteiger partial charge < -0.3 is 10.1 Å². The largest absolute Gasteiger partial charge is 0.465 e. The highest BCUT2D eigenvalue weighted by atomic mass is 35.5. The number of halogens is 2. The Hall–Kier alpha value is -2.30. The van der Waals surface area contributed by atoms with Crippen molar-refractivity contribution in [1.82, 2.24) is 0 Å². The molecule has 0 amide bonds. The molecule has 4 nitrogen and oxygen atoms in total. The molecule has 6 heteroatoms. The third-order valence-corrected chi connectivity index (χ3v) is 3.73. The Balaban J connectivity index is 1.99. The van der Waals surface area contributed by atoms with Gasteiger partial charge in [-0.1, -0.05) is 23.2 Å². The number of allylic oxidation sites excluding steroid dienone is 1. The molecule has 0 bridgehead atoms. The van der Waals surface area contributed by atoms with Gasteiger partial charge in [-0.25, -0.2) is 4.79 Å². The first-order chi connectivity index (χ1) is 11.0. The normalized spacial score (nSPS) is 10.6. The molecule has 2 aromatic carbocycles. The fourth-order valence-corrected chi connectivity index (χ4v) is 2.08. The van der Waals surface area contributed by atoms with Crippen LogP contribution in [0.25, 0.3) is 0 Å². The van der Waals surface area contributed by atoms with Crippen molar-refractivity contribution in [3.05, 3.63) is 75.9 Å². The van der Waals surface area contributed by atoms with Crippen molar-refractivity contribution in [3.63, 3.8) is 0 Å². The van der Waals surface area contributed by atoms with Gasteiger partial charge in [0.2, 0.25) is 0 Å². The molecule has 0 saturated heterocycles. The smallest absolute Gasteiger partial charge is 0.337 e. The van der Waals surface area contributed by atoms with Crippen LogP contribution in [-0.2, 0) is 4.74 Å². The SMILES string of the molecule is COC(=O)c1ccc(N/C=C/C(=O)c2ccc(Cl)c(Cl)c2)cc1. The minimum absolute atomic E-state index is 0.206. The number of methoxy groups -OCH3 is 1. The van der Waals surface area contributed by atoms with Gasteiger partial charge in [0.15, 0.2) is 5.78 Å². The monoisotopic (exact) mass is 349 g/mol. The first kappa shape index (κ1) is 17.1. The van der Waals surface area contributed by atoms with E-state index in [4.69, 9.17) is 23.2 Å². The van der Waals surface area contributed by atoms with Crippen molar-refractivity contribution >= 4 is 40.6 Å². The topological polar surface area (TPSA) is 55.4 Å². The lowest BCUT2D eigenvalue weighted by Crippen LogP contribution is -2.01. The lowest BCUT2D eigenvalue weighted by Gasteiger charge is -2.03. The van der Waals surface area contributed by atoms with E-state index in [1.165, 1.54) is 25.5 Å². The predicted molar refractivity (Wildman–Crippen MR) is 91.3 cm³/mol. The Morgan fingerprint density at radius 3 is 2.26 bits per heavy atom. The average molecular weight is 350 g/mol. The molecule has 2 aromatic rings. The molecule has 0 aliphatic carbocycles. The number of carbonyl (C=O) groups is 2. The van der Waals surface area contributed by atoms with E-state index in [1.54, 1.807) is 36.4 Å². The molecule has 0 spiro atoms. The Labute approximate surface area is 143 Å². The maximum absolute atomic E-state index is 12.0. The van der Waals surface area contributed by atoms with Crippen molar-refractivity contribution in [3.8, 4) is 0 Å². The molecule has 0 fully saturated rings. The second-order valence-corrected chi connectivity index (χ2v) is 5.35. The molecule has 0 aromatic heterocycles. The summed E-state index contributed by atoms with van der Waals surface area (Å²) in [6.45, 7) is 0. The molecule has 0 atom stereocenters. The van der Waals surface area contributed by atoms with E-state index in [0.717, 1.165) is 5.69 Å². The number of hydrogen-bond donors (Lipinski definition) is 1. The molecule has 0 aliphatic rings. The van der Waals surface area contributed by atoms with Gasteiger partial charge >= 0.3 is 5.97 Å². The van der Waals surface area contributed by atoms with Crippen LogP contribution in [0.2, 0.25) is 10.0 Å². The summed E-state index contributed by atoms with van der Waals surface area (Å²) < 4.78 is 4.62. The Morgan fingerprint density at radius 2 is 1.65 bits per heavy atom. The quantitative estimate of drug-likeness (QED) is 0.487. The van der Waals surface area contributed by atoms with E-state index in [2.05, 4.69) is 10.1 Å². The highest BCUT2D eigenvalue weighted by molar-refractivity contribution is 6.42. The van der Waals surface area contributed by atoms with Crippen molar-refractivity contribution < 1.29 is 14.3 Å². The fraction of sp³-hybridized carbons (Fsp3) is 0.0588. The van der Waals surface area contributed by atoms with Crippen LogP contribution in [0.4, 0.5) is 5.69 Å². The maximum Gasteiger partial charge on any atom is 0.337 e. The number of hydrogen-bond acceptors (Lipinski definition) is 4. The summed E-state index contributed by atoms with van der Waals surface area (Å²) >= 11 is 11.7. The number of esters is 1. The fourth-order valence-electron chi connectivity index (χ4n) is 1.78. The Kier molecular flexibility index (Phi) is 5.79. The summed E-state index contributed by atoms with van der Waals surface area (Å²) in [5.74, 6) is -0.607. The lowest BCUT2D eigenvalue weighted by atomic mass is 10.1. The number of rotatable bonds is 5. The van der Waals surface area contributed by atoms with Gasteiger partial charge in [-0.15, -0.1) is 0 Å². The number of nitrogens with one attached hydrogen (secondary N) is 1. The number of benzene rings is 2. The summed E-state index contributed by atoms with van der Waals surface area (Å²) in [7, 11) is 1.33. The Morgan fingerprint density at radius 1 is 1.00 bits per heavy atom. The number of anilines is 1. The zero-order chi connectivity index (χ0) is 16.8. The Bertz CT molecular complexity index is 755. The van der Waals surface area contributed by atoms with Gasteiger partial charge in [-0.2, -0.15) is 0 Å². The van der Waals surface area contributed by atoms with Crippen molar-refractivity contribution in [2.24, 2.45) is 0 Å². The van der Waals surface area contributed by atoms with Crippen molar-refractivity contribution in [2.45, 2.75) is 0 Å². The number of carbonyl (C=O) groups excluding carboxylic acids is 2. The third-order valence-electron chi connectivity index (χ3n) is 2.99. The molecular weight excluding hydrogens is 337 g/mol. The molecule has 0 unspecified atom stereocenters. The second kappa shape index (κ2) is 7.81. The summed E-state index contributed by atoms with van der Waals surface area (Å²) in [4.78, 5) is 23.3. The van der Waals surface area contributed by atoms with Crippen LogP contribution in [0.3, 0.4) is 0 Å². The summed E-state index contributed by atoms with van der Waals surface area (Å²) in [6.07, 6.45) is 2.89. The molecule has 0 saturated carbocycles. The highest BCUT2D eigenvalue weighted by Crippen LogP contribution is 2.22. The third kappa shape index (κ3) is 4.58.